The molecule has 2 fully saturated rings. The number of amides is 1. The molecule has 2 aromatic heterocycles. The lowest BCUT2D eigenvalue weighted by molar-refractivity contribution is -0.144. The lowest BCUT2D eigenvalue weighted by atomic mass is 9.92. The van der Waals surface area contributed by atoms with E-state index in [1.165, 1.54) is 7.11 Å². The van der Waals surface area contributed by atoms with Crippen LogP contribution in [0.2, 0.25) is 0 Å². The summed E-state index contributed by atoms with van der Waals surface area (Å²) in [6.45, 7) is 6.95. The van der Waals surface area contributed by atoms with Gasteiger partial charge in [0.2, 0.25) is 0 Å². The number of fused-ring (bicyclic) bond motifs is 1. The minimum Gasteiger partial charge on any atom is -0.497 e. The molecule has 0 radical (unpaired) electrons. The molecule has 1 aliphatic heterocycles. The number of halogens is 1. The molecule has 2 N–H and O–H groups in total. The molecule has 3 heterocycles. The van der Waals surface area contributed by atoms with Gasteiger partial charge in [-0.2, -0.15) is 0 Å². The summed E-state index contributed by atoms with van der Waals surface area (Å²) in [5, 5.41) is 6.82. The van der Waals surface area contributed by atoms with Gasteiger partial charge in [0.1, 0.15) is 38.6 Å². The fourth-order valence-electron chi connectivity index (χ4n) is 5.69. The number of benzene rings is 1. The minimum absolute atomic E-state index is 0.0509. The molecule has 1 saturated heterocycles. The fourth-order valence-corrected chi connectivity index (χ4v) is 6.26. The second-order valence-corrected chi connectivity index (χ2v) is 13.1. The zero-order valence-electron chi connectivity index (χ0n) is 26.1. The van der Waals surface area contributed by atoms with Crippen LogP contribution in [-0.4, -0.2) is 82.9 Å². The number of anilines is 1. The normalized spacial score (nSPS) is 19.4. The van der Waals surface area contributed by atoms with Crippen molar-refractivity contribution >= 4 is 39.3 Å². The molecule has 238 valence electrons. The third kappa shape index (κ3) is 6.73. The van der Waals surface area contributed by atoms with Gasteiger partial charge in [-0.25, -0.2) is 14.8 Å². The highest BCUT2D eigenvalue weighted by atomic mass is 79.9. The van der Waals surface area contributed by atoms with E-state index in [0.29, 0.717) is 42.2 Å². The number of carbonyl (C=O) groups excluding carboxylic acids is 2. The highest BCUT2D eigenvalue weighted by molar-refractivity contribution is 9.10. The van der Waals surface area contributed by atoms with Gasteiger partial charge in [0.15, 0.2) is 5.82 Å². The Morgan fingerprint density at radius 3 is 2.57 bits per heavy atom. The Kier molecular flexibility index (Phi) is 9.26. The first-order chi connectivity index (χ1) is 21.0. The van der Waals surface area contributed by atoms with Gasteiger partial charge in [-0.3, -0.25) is 14.5 Å². The average Bonchev–Trinajstić information content (AvgIpc) is 3.73. The van der Waals surface area contributed by atoms with Gasteiger partial charge in [-0.1, -0.05) is 0 Å². The molecule has 5 rings (SSSR count). The highest BCUT2D eigenvalue weighted by Crippen LogP contribution is 2.38. The molecule has 0 unspecified atom stereocenters. The molecule has 2 atom stereocenters. The topological polar surface area (TPSA) is 129 Å². The smallest absolute Gasteiger partial charge is 0.410 e. The van der Waals surface area contributed by atoms with Gasteiger partial charge < -0.3 is 29.2 Å². The number of nitrogens with one attached hydrogen (secondary N) is 2. The molecule has 1 saturated carbocycles. The van der Waals surface area contributed by atoms with Crippen molar-refractivity contribution in [1.82, 2.24) is 24.6 Å². The van der Waals surface area contributed by atoms with E-state index in [4.69, 9.17) is 23.9 Å². The quantitative estimate of drug-likeness (QED) is 0.287. The largest absolute Gasteiger partial charge is 0.497 e. The van der Waals surface area contributed by atoms with Gasteiger partial charge in [0.05, 0.1) is 21.3 Å². The number of ether oxygens (including phenoxy) is 4. The fraction of sp³-hybridized carbons (Fsp3) is 0.548. The third-order valence-corrected chi connectivity index (χ3v) is 8.73. The van der Waals surface area contributed by atoms with Crippen molar-refractivity contribution in [2.75, 3.05) is 39.7 Å². The van der Waals surface area contributed by atoms with Gasteiger partial charge in [0, 0.05) is 55.6 Å². The maximum Gasteiger partial charge on any atom is 0.410 e. The first-order valence-electron chi connectivity index (χ1n) is 14.8. The maximum absolute atomic E-state index is 13.5. The number of aromatic nitrogens is 3. The molecule has 1 aromatic carbocycles. The number of esters is 1. The van der Waals surface area contributed by atoms with Crippen molar-refractivity contribution < 1.29 is 28.5 Å². The van der Waals surface area contributed by atoms with Crippen molar-refractivity contribution in [1.29, 1.82) is 0 Å². The lowest BCUT2D eigenvalue weighted by Crippen LogP contribution is -2.54. The highest BCUT2D eigenvalue weighted by Gasteiger charge is 2.51. The summed E-state index contributed by atoms with van der Waals surface area (Å²) in [5.41, 5.74) is 0.458. The van der Waals surface area contributed by atoms with E-state index in [9.17, 15) is 9.59 Å². The summed E-state index contributed by atoms with van der Waals surface area (Å²) in [7, 11) is 4.66. The van der Waals surface area contributed by atoms with E-state index < -0.39 is 11.1 Å². The second kappa shape index (κ2) is 12.8. The first-order valence-corrected chi connectivity index (χ1v) is 15.6. The van der Waals surface area contributed by atoms with Crippen LogP contribution in [0.15, 0.2) is 35.2 Å². The summed E-state index contributed by atoms with van der Waals surface area (Å²) < 4.78 is 24.4. The van der Waals surface area contributed by atoms with E-state index >= 15 is 0 Å². The summed E-state index contributed by atoms with van der Waals surface area (Å²) in [6.07, 6.45) is 6.22. The van der Waals surface area contributed by atoms with Crippen molar-refractivity contribution in [2.24, 2.45) is 0 Å². The van der Waals surface area contributed by atoms with Gasteiger partial charge in [-0.15, -0.1) is 0 Å². The molecule has 13 heteroatoms. The number of likely N-dealkylation sites (tertiary alicyclic amines) is 1. The average molecular weight is 674 g/mol. The van der Waals surface area contributed by atoms with Crippen LogP contribution in [-0.2, 0) is 20.8 Å². The molecule has 3 aromatic rings. The Balaban J connectivity index is 1.37. The first kappa shape index (κ1) is 31.8. The molecular formula is C31H41BrN6O6. The van der Waals surface area contributed by atoms with Crippen LogP contribution < -0.4 is 20.1 Å². The molecule has 1 amide bonds. The van der Waals surface area contributed by atoms with E-state index in [-0.39, 0.29) is 24.0 Å². The van der Waals surface area contributed by atoms with Crippen molar-refractivity contribution in [3.63, 3.8) is 0 Å². The number of rotatable bonds is 10. The third-order valence-electron chi connectivity index (χ3n) is 8.18. The Labute approximate surface area is 265 Å². The predicted molar refractivity (Wildman–Crippen MR) is 168 cm³/mol. The summed E-state index contributed by atoms with van der Waals surface area (Å²) in [5.74, 6) is 2.61. The number of carbonyl (C=O) groups is 2. The number of imidazole rings is 1. The number of piperidine rings is 1. The zero-order valence-corrected chi connectivity index (χ0v) is 27.7. The molecule has 1 aliphatic carbocycles. The summed E-state index contributed by atoms with van der Waals surface area (Å²) >= 11 is 3.67. The van der Waals surface area contributed by atoms with E-state index in [1.54, 1.807) is 25.3 Å². The summed E-state index contributed by atoms with van der Waals surface area (Å²) in [6, 6.07) is 5.55. The Morgan fingerprint density at radius 2 is 1.91 bits per heavy atom. The molecular weight excluding hydrogens is 632 g/mol. The van der Waals surface area contributed by atoms with Crippen LogP contribution in [0.1, 0.15) is 63.8 Å². The van der Waals surface area contributed by atoms with Crippen LogP contribution in [0.3, 0.4) is 0 Å². The van der Waals surface area contributed by atoms with Gasteiger partial charge in [-0.05, 0) is 74.5 Å². The Bertz CT molecular complexity index is 1520. The van der Waals surface area contributed by atoms with Crippen LogP contribution in [0, 0.1) is 0 Å². The standard InChI is InChI=1S/C31H41BrN6O6/c1-30(2,3)44-29(40)38-18-20(7-9-21(38)17-35-31(11-12-31)28(39)43-6)27-36-25(32)24-26(33-13-14-37(24)27)34-16-19-8-10-22(41-4)15-23(19)42-5/h8,10,13-15,20-21,35H,7,9,11-12,16-18H2,1-6H3,(H,33,34)/t20-,21+/m1/s1. The van der Waals surface area contributed by atoms with Gasteiger partial charge in [0.25, 0.3) is 0 Å². The van der Waals surface area contributed by atoms with E-state index in [2.05, 4.69) is 31.5 Å². The molecule has 44 heavy (non-hydrogen) atoms. The monoisotopic (exact) mass is 672 g/mol. The van der Waals surface area contributed by atoms with Gasteiger partial charge >= 0.3 is 12.1 Å². The van der Waals surface area contributed by atoms with Crippen LogP contribution in [0.5, 0.6) is 11.5 Å². The molecule has 0 spiro atoms. The number of hydrogen-bond acceptors (Lipinski definition) is 10. The maximum atomic E-state index is 13.5. The van der Waals surface area contributed by atoms with Crippen molar-refractivity contribution in [2.45, 2.75) is 76.1 Å². The summed E-state index contributed by atoms with van der Waals surface area (Å²) in [4.78, 5) is 37.1. The molecule has 0 bridgehead atoms. The van der Waals surface area contributed by atoms with Crippen molar-refractivity contribution in [3.8, 4) is 11.5 Å². The Hall–Kier alpha value is -3.58. The molecule has 2 aliphatic rings. The van der Waals surface area contributed by atoms with Crippen molar-refractivity contribution in [3.05, 3.63) is 46.6 Å². The minimum atomic E-state index is -0.651. The van der Waals surface area contributed by atoms with E-state index in [0.717, 1.165) is 41.9 Å². The molecule has 12 nitrogen and oxygen atoms in total. The number of methoxy groups -OCH3 is 3. The van der Waals surface area contributed by atoms with Crippen LogP contribution >= 0.6 is 15.9 Å². The second-order valence-electron chi connectivity index (χ2n) is 12.3. The van der Waals surface area contributed by atoms with Crippen LogP contribution in [0.25, 0.3) is 5.52 Å². The van der Waals surface area contributed by atoms with E-state index in [1.807, 2.05) is 49.6 Å². The SMILES string of the molecule is COC(=O)C1(NC[C@@H]2CC[C@@H](c3nc(Br)c4c(NCc5ccc(OC)cc5OC)nccn34)CN2C(=O)OC(C)(C)C)CC1. The Morgan fingerprint density at radius 1 is 1.14 bits per heavy atom. The lowest BCUT2D eigenvalue weighted by Gasteiger charge is -2.40. The number of nitrogens with zero attached hydrogens (tertiary/aromatic N) is 4. The predicted octanol–water partition coefficient (Wildman–Crippen LogP) is 4.90. The number of hydrogen-bond donors (Lipinski definition) is 2. The van der Waals surface area contributed by atoms with Crippen LogP contribution in [0.4, 0.5) is 10.6 Å². The zero-order chi connectivity index (χ0) is 31.6.